The Balaban J connectivity index is 1.57. The van der Waals surface area contributed by atoms with Crippen LogP contribution in [0.2, 0.25) is 0 Å². The molecular weight excluding hydrogens is 250 g/mol. The minimum Gasteiger partial charge on any atom is -0.393 e. The molecule has 0 amide bonds. The summed E-state index contributed by atoms with van der Waals surface area (Å²) in [5.41, 5.74) is 2.23. The van der Waals surface area contributed by atoms with Gasteiger partial charge in [0.15, 0.2) is 0 Å². The van der Waals surface area contributed by atoms with E-state index in [1.54, 1.807) is 0 Å². The summed E-state index contributed by atoms with van der Waals surface area (Å²) in [6.45, 7) is 8.13. The molecule has 0 aromatic carbocycles. The van der Waals surface area contributed by atoms with Crippen molar-refractivity contribution in [2.45, 2.75) is 46.1 Å². The van der Waals surface area contributed by atoms with Crippen molar-refractivity contribution in [3.8, 4) is 0 Å². The summed E-state index contributed by atoms with van der Waals surface area (Å²) in [7, 11) is 0. The smallest absolute Gasteiger partial charge is 0.225 e. The molecule has 20 heavy (non-hydrogen) atoms. The normalized spacial score (nSPS) is 28.5. The fraction of sp³-hybridized carbons (Fsp3) is 0.750. The van der Waals surface area contributed by atoms with Gasteiger partial charge in [0.05, 0.1) is 6.10 Å². The van der Waals surface area contributed by atoms with Crippen molar-refractivity contribution < 1.29 is 5.11 Å². The Morgan fingerprint density at radius 1 is 1.30 bits per heavy atom. The minimum atomic E-state index is -0.124. The number of aliphatic hydroxyl groups is 1. The number of hydrogen-bond acceptors (Lipinski definition) is 4. The molecule has 1 aromatic heterocycles. The van der Waals surface area contributed by atoms with E-state index in [1.165, 1.54) is 19.3 Å². The molecule has 1 saturated heterocycles. The highest BCUT2D eigenvalue weighted by molar-refractivity contribution is 5.33. The average Bonchev–Trinajstić information content (AvgIpc) is 3.23. The lowest BCUT2D eigenvalue weighted by molar-refractivity contribution is 0.155. The van der Waals surface area contributed by atoms with Gasteiger partial charge in [-0.3, -0.25) is 0 Å². The zero-order valence-corrected chi connectivity index (χ0v) is 12.7. The van der Waals surface area contributed by atoms with Crippen molar-refractivity contribution in [3.63, 3.8) is 0 Å². The van der Waals surface area contributed by atoms with Crippen molar-refractivity contribution >= 4 is 5.95 Å². The maximum atomic E-state index is 9.65. The summed E-state index contributed by atoms with van der Waals surface area (Å²) in [5.74, 6) is 2.99. The molecule has 1 aliphatic carbocycles. The van der Waals surface area contributed by atoms with E-state index in [0.29, 0.717) is 5.92 Å². The average molecular weight is 275 g/mol. The van der Waals surface area contributed by atoms with Crippen LogP contribution in [0, 0.1) is 31.6 Å². The highest BCUT2D eigenvalue weighted by Gasteiger charge is 2.45. The Labute approximate surface area is 121 Å². The third-order valence-corrected chi connectivity index (χ3v) is 5.15. The van der Waals surface area contributed by atoms with Crippen LogP contribution < -0.4 is 4.90 Å². The molecule has 4 nitrogen and oxygen atoms in total. The van der Waals surface area contributed by atoms with E-state index in [9.17, 15) is 5.11 Å². The molecule has 4 heteroatoms. The van der Waals surface area contributed by atoms with Crippen molar-refractivity contribution in [3.05, 3.63) is 17.5 Å². The molecule has 0 spiro atoms. The molecule has 0 radical (unpaired) electrons. The molecule has 0 bridgehead atoms. The van der Waals surface area contributed by atoms with Gasteiger partial charge in [-0.15, -0.1) is 0 Å². The highest BCUT2D eigenvalue weighted by Crippen LogP contribution is 2.49. The number of nitrogens with zero attached hydrogens (tertiary/aromatic N) is 3. The topological polar surface area (TPSA) is 49.2 Å². The van der Waals surface area contributed by atoms with Gasteiger partial charge in [0.2, 0.25) is 5.95 Å². The number of aromatic nitrogens is 2. The van der Waals surface area contributed by atoms with Gasteiger partial charge in [0.1, 0.15) is 0 Å². The number of anilines is 1. The van der Waals surface area contributed by atoms with Gasteiger partial charge in [-0.1, -0.05) is 0 Å². The number of piperidine rings is 1. The summed E-state index contributed by atoms with van der Waals surface area (Å²) >= 11 is 0. The summed E-state index contributed by atoms with van der Waals surface area (Å²) in [6, 6.07) is 0. The third-order valence-electron chi connectivity index (χ3n) is 5.15. The highest BCUT2D eigenvalue weighted by atomic mass is 16.3. The van der Waals surface area contributed by atoms with E-state index in [1.807, 2.05) is 20.0 Å². The predicted molar refractivity (Wildman–Crippen MR) is 79.7 cm³/mol. The van der Waals surface area contributed by atoms with Crippen molar-refractivity contribution in [1.29, 1.82) is 0 Å². The van der Waals surface area contributed by atoms with Gasteiger partial charge < -0.3 is 10.0 Å². The van der Waals surface area contributed by atoms with Crippen LogP contribution in [0.25, 0.3) is 0 Å². The molecule has 2 fully saturated rings. The molecule has 1 aliphatic heterocycles. The Hall–Kier alpha value is -1.16. The fourth-order valence-electron chi connectivity index (χ4n) is 3.53. The Kier molecular flexibility index (Phi) is 3.67. The van der Waals surface area contributed by atoms with Crippen LogP contribution >= 0.6 is 0 Å². The predicted octanol–water partition coefficient (Wildman–Crippen LogP) is 2.33. The van der Waals surface area contributed by atoms with Crippen LogP contribution in [0.15, 0.2) is 6.20 Å². The molecular formula is C16H25N3O. The second-order valence-electron chi connectivity index (χ2n) is 6.57. The summed E-state index contributed by atoms with van der Waals surface area (Å²) in [5, 5.41) is 9.65. The first-order chi connectivity index (χ1) is 9.56. The second-order valence-corrected chi connectivity index (χ2v) is 6.57. The van der Waals surface area contributed by atoms with Gasteiger partial charge in [-0.05, 0) is 63.4 Å². The lowest BCUT2D eigenvalue weighted by Gasteiger charge is -2.32. The van der Waals surface area contributed by atoms with Gasteiger partial charge in [0, 0.05) is 25.0 Å². The third kappa shape index (κ3) is 2.66. The largest absolute Gasteiger partial charge is 0.393 e. The number of rotatable bonds is 3. The number of aryl methyl sites for hydroxylation is 2. The summed E-state index contributed by atoms with van der Waals surface area (Å²) < 4.78 is 0. The van der Waals surface area contributed by atoms with Crippen LogP contribution in [0.5, 0.6) is 0 Å². The van der Waals surface area contributed by atoms with Crippen LogP contribution in [0.4, 0.5) is 5.95 Å². The number of aliphatic hydroxyl groups excluding tert-OH is 1. The van der Waals surface area contributed by atoms with Gasteiger partial charge >= 0.3 is 0 Å². The number of hydrogen-bond donors (Lipinski definition) is 1. The monoisotopic (exact) mass is 275 g/mol. The van der Waals surface area contributed by atoms with E-state index >= 15 is 0 Å². The first-order valence-electron chi connectivity index (χ1n) is 7.79. The molecule has 110 valence electrons. The summed E-state index contributed by atoms with van der Waals surface area (Å²) in [4.78, 5) is 11.4. The standard InChI is InChI=1S/C16H25N3O/c1-10-9-17-16(18-11(10)2)19-6-4-13(5-7-19)15-8-14(15)12(3)20/h9,12-15,20H,4-8H2,1-3H3. The molecule has 2 heterocycles. The van der Waals surface area contributed by atoms with E-state index in [-0.39, 0.29) is 6.10 Å². The summed E-state index contributed by atoms with van der Waals surface area (Å²) in [6.07, 6.45) is 5.45. The van der Waals surface area contributed by atoms with Crippen LogP contribution in [0.3, 0.4) is 0 Å². The van der Waals surface area contributed by atoms with E-state index in [4.69, 9.17) is 0 Å². The van der Waals surface area contributed by atoms with E-state index in [2.05, 4.69) is 21.8 Å². The first kappa shape index (κ1) is 13.8. The van der Waals surface area contributed by atoms with Crippen molar-refractivity contribution in [1.82, 2.24) is 9.97 Å². The van der Waals surface area contributed by atoms with Gasteiger partial charge in [0.25, 0.3) is 0 Å². The second kappa shape index (κ2) is 5.32. The Morgan fingerprint density at radius 3 is 2.55 bits per heavy atom. The zero-order valence-electron chi connectivity index (χ0n) is 12.7. The van der Waals surface area contributed by atoms with E-state index in [0.717, 1.165) is 42.1 Å². The van der Waals surface area contributed by atoms with Crippen LogP contribution in [-0.2, 0) is 0 Å². The lowest BCUT2D eigenvalue weighted by Crippen LogP contribution is -2.36. The van der Waals surface area contributed by atoms with Gasteiger partial charge in [-0.25, -0.2) is 9.97 Å². The first-order valence-corrected chi connectivity index (χ1v) is 7.79. The fourth-order valence-corrected chi connectivity index (χ4v) is 3.53. The molecule has 3 unspecified atom stereocenters. The lowest BCUT2D eigenvalue weighted by atomic mass is 9.90. The van der Waals surface area contributed by atoms with E-state index < -0.39 is 0 Å². The quantitative estimate of drug-likeness (QED) is 0.920. The molecule has 3 atom stereocenters. The van der Waals surface area contributed by atoms with Crippen LogP contribution in [0.1, 0.15) is 37.4 Å². The van der Waals surface area contributed by atoms with Gasteiger partial charge in [-0.2, -0.15) is 0 Å². The Morgan fingerprint density at radius 2 is 2.00 bits per heavy atom. The molecule has 2 aliphatic rings. The molecule has 3 rings (SSSR count). The maximum Gasteiger partial charge on any atom is 0.225 e. The SMILES string of the molecule is Cc1cnc(N2CCC(C3CC3C(C)O)CC2)nc1C. The maximum absolute atomic E-state index is 9.65. The van der Waals surface area contributed by atoms with Crippen LogP contribution in [-0.4, -0.2) is 34.3 Å². The van der Waals surface area contributed by atoms with Crippen molar-refractivity contribution in [2.24, 2.45) is 17.8 Å². The molecule has 1 aromatic rings. The zero-order chi connectivity index (χ0) is 14.3. The van der Waals surface area contributed by atoms with Crippen molar-refractivity contribution in [2.75, 3.05) is 18.0 Å². The molecule has 1 N–H and O–H groups in total. The molecule has 1 saturated carbocycles. The Bertz CT molecular complexity index is 481. The minimum absolute atomic E-state index is 0.124.